The van der Waals surface area contributed by atoms with Crippen molar-refractivity contribution in [3.05, 3.63) is 29.8 Å². The molecule has 1 aromatic heterocycles. The third-order valence-corrected chi connectivity index (χ3v) is 3.84. The van der Waals surface area contributed by atoms with Gasteiger partial charge in [-0.3, -0.25) is 0 Å². The van der Waals surface area contributed by atoms with Crippen LogP contribution in [0.4, 0.5) is 10.1 Å². The van der Waals surface area contributed by atoms with E-state index in [1.807, 2.05) is 6.92 Å². The summed E-state index contributed by atoms with van der Waals surface area (Å²) in [5.41, 5.74) is 5.80. The summed E-state index contributed by atoms with van der Waals surface area (Å²) in [5, 5.41) is 0. The third-order valence-electron chi connectivity index (χ3n) is 1.98. The number of hydrogen-bond donors (Lipinski definition) is 1. The first-order valence-electron chi connectivity index (χ1n) is 4.75. The fourth-order valence-electron chi connectivity index (χ4n) is 1.12. The molecule has 2 aromatic rings. The van der Waals surface area contributed by atoms with Crippen molar-refractivity contribution in [1.82, 2.24) is 9.36 Å². The molecule has 0 saturated heterocycles. The minimum Gasteiger partial charge on any atom is -0.395 e. The number of benzene rings is 1. The Bertz CT molecular complexity index is 499. The molecule has 0 spiro atoms. The van der Waals surface area contributed by atoms with Crippen LogP contribution in [0.3, 0.4) is 0 Å². The molecule has 0 fully saturated rings. The highest BCUT2D eigenvalue weighted by Crippen LogP contribution is 2.33. The van der Waals surface area contributed by atoms with Crippen molar-refractivity contribution in [1.29, 1.82) is 0 Å². The monoisotopic (exact) mass is 255 g/mol. The third kappa shape index (κ3) is 2.33. The second kappa shape index (κ2) is 4.80. The van der Waals surface area contributed by atoms with Gasteiger partial charge in [-0.05, 0) is 23.7 Å². The largest absolute Gasteiger partial charge is 0.395 e. The molecule has 0 aliphatic rings. The Morgan fingerprint density at radius 2 is 2.31 bits per heavy atom. The molecule has 6 heteroatoms. The fraction of sp³-hybridized carbons (Fsp3) is 0.200. The van der Waals surface area contributed by atoms with E-state index >= 15 is 0 Å². The average Bonchev–Trinajstić information content (AvgIpc) is 2.73. The second-order valence-corrected chi connectivity index (χ2v) is 5.12. The van der Waals surface area contributed by atoms with Crippen LogP contribution >= 0.6 is 23.3 Å². The van der Waals surface area contributed by atoms with Crippen LogP contribution in [-0.2, 0) is 6.42 Å². The summed E-state index contributed by atoms with van der Waals surface area (Å²) in [4.78, 5) is 4.97. The van der Waals surface area contributed by atoms with Gasteiger partial charge >= 0.3 is 0 Å². The highest BCUT2D eigenvalue weighted by atomic mass is 32.2. The van der Waals surface area contributed by atoms with Gasteiger partial charge in [0.1, 0.15) is 11.6 Å². The number of aromatic nitrogens is 2. The highest BCUT2D eigenvalue weighted by Gasteiger charge is 2.09. The Morgan fingerprint density at radius 1 is 1.50 bits per heavy atom. The number of halogens is 1. The normalized spacial score (nSPS) is 10.6. The van der Waals surface area contributed by atoms with Crippen molar-refractivity contribution in [3.63, 3.8) is 0 Å². The molecule has 0 bridgehead atoms. The highest BCUT2D eigenvalue weighted by molar-refractivity contribution is 8.01. The van der Waals surface area contributed by atoms with Gasteiger partial charge in [0.15, 0.2) is 4.34 Å². The molecule has 0 saturated carbocycles. The van der Waals surface area contributed by atoms with Gasteiger partial charge in [0.05, 0.1) is 5.69 Å². The maximum Gasteiger partial charge on any atom is 0.174 e. The van der Waals surface area contributed by atoms with Gasteiger partial charge in [0.2, 0.25) is 0 Å². The Morgan fingerprint density at radius 3 is 3.00 bits per heavy atom. The Balaban J connectivity index is 2.23. The standard InChI is InChI=1S/C10H10FN3S2/c1-2-8-13-10(16-14-8)15-7-5-3-4-6(11)9(7)12/h3-5H,2,12H2,1H3. The number of rotatable bonds is 3. The number of hydrogen-bond acceptors (Lipinski definition) is 5. The molecule has 1 heterocycles. The Hall–Kier alpha value is -1.14. The van der Waals surface area contributed by atoms with E-state index in [1.54, 1.807) is 12.1 Å². The van der Waals surface area contributed by atoms with Gasteiger partial charge in [0.25, 0.3) is 0 Å². The van der Waals surface area contributed by atoms with Crippen LogP contribution < -0.4 is 5.73 Å². The van der Waals surface area contributed by atoms with E-state index in [9.17, 15) is 4.39 Å². The Kier molecular flexibility index (Phi) is 3.40. The van der Waals surface area contributed by atoms with Crippen LogP contribution in [0.5, 0.6) is 0 Å². The van der Waals surface area contributed by atoms with Crippen molar-refractivity contribution in [2.45, 2.75) is 22.6 Å². The van der Waals surface area contributed by atoms with Crippen LogP contribution in [0.2, 0.25) is 0 Å². The molecule has 0 aliphatic carbocycles. The van der Waals surface area contributed by atoms with Crippen LogP contribution in [0, 0.1) is 5.82 Å². The maximum atomic E-state index is 13.2. The zero-order chi connectivity index (χ0) is 11.5. The first-order chi connectivity index (χ1) is 7.70. The molecule has 0 aliphatic heterocycles. The average molecular weight is 255 g/mol. The van der Waals surface area contributed by atoms with E-state index in [4.69, 9.17) is 5.73 Å². The predicted octanol–water partition coefficient (Wildman–Crippen LogP) is 2.97. The molecule has 84 valence electrons. The maximum absolute atomic E-state index is 13.2. The van der Waals surface area contributed by atoms with Crippen LogP contribution in [-0.4, -0.2) is 9.36 Å². The molecule has 16 heavy (non-hydrogen) atoms. The van der Waals surface area contributed by atoms with Crippen LogP contribution in [0.15, 0.2) is 27.4 Å². The molecular formula is C10H10FN3S2. The summed E-state index contributed by atoms with van der Waals surface area (Å²) in [6.07, 6.45) is 0.801. The summed E-state index contributed by atoms with van der Waals surface area (Å²) in [7, 11) is 0. The lowest BCUT2D eigenvalue weighted by Crippen LogP contribution is -1.92. The van der Waals surface area contributed by atoms with Gasteiger partial charge in [-0.25, -0.2) is 9.37 Å². The molecule has 0 atom stereocenters. The molecule has 2 N–H and O–H groups in total. The molecule has 1 aromatic carbocycles. The number of aryl methyl sites for hydroxylation is 1. The van der Waals surface area contributed by atoms with E-state index in [-0.39, 0.29) is 5.69 Å². The SMILES string of the molecule is CCc1nsc(Sc2cccc(F)c2N)n1. The first-order valence-corrected chi connectivity index (χ1v) is 6.34. The van der Waals surface area contributed by atoms with Gasteiger partial charge in [-0.15, -0.1) is 0 Å². The summed E-state index contributed by atoms with van der Waals surface area (Å²) < 4.78 is 18.1. The van der Waals surface area contributed by atoms with E-state index in [0.717, 1.165) is 16.6 Å². The lowest BCUT2D eigenvalue weighted by molar-refractivity contribution is 0.629. The van der Waals surface area contributed by atoms with Crippen molar-refractivity contribution >= 4 is 29.0 Å². The number of para-hydroxylation sites is 1. The summed E-state index contributed by atoms with van der Waals surface area (Å²) in [6, 6.07) is 4.75. The zero-order valence-corrected chi connectivity index (χ0v) is 10.2. The molecule has 0 unspecified atom stereocenters. The number of nitrogens with two attached hydrogens (primary N) is 1. The summed E-state index contributed by atoms with van der Waals surface area (Å²) in [6.45, 7) is 1.99. The van der Waals surface area contributed by atoms with Crippen molar-refractivity contribution in [3.8, 4) is 0 Å². The minimum atomic E-state index is -0.398. The number of anilines is 1. The van der Waals surface area contributed by atoms with Gasteiger partial charge < -0.3 is 5.73 Å². The molecular weight excluding hydrogens is 245 g/mol. The molecule has 0 amide bonds. The predicted molar refractivity (Wildman–Crippen MR) is 64.2 cm³/mol. The lowest BCUT2D eigenvalue weighted by Gasteiger charge is -2.02. The van der Waals surface area contributed by atoms with Crippen LogP contribution in [0.25, 0.3) is 0 Å². The van der Waals surface area contributed by atoms with Gasteiger partial charge in [-0.1, -0.05) is 24.8 Å². The number of nitrogens with zero attached hydrogens (tertiary/aromatic N) is 2. The zero-order valence-electron chi connectivity index (χ0n) is 8.61. The van der Waals surface area contributed by atoms with Crippen molar-refractivity contribution in [2.75, 3.05) is 5.73 Å². The molecule has 3 nitrogen and oxygen atoms in total. The topological polar surface area (TPSA) is 51.8 Å². The number of nitrogen functional groups attached to an aromatic ring is 1. The van der Waals surface area contributed by atoms with E-state index in [2.05, 4.69) is 9.36 Å². The smallest absolute Gasteiger partial charge is 0.174 e. The van der Waals surface area contributed by atoms with Crippen molar-refractivity contribution < 1.29 is 4.39 Å². The lowest BCUT2D eigenvalue weighted by atomic mass is 10.3. The summed E-state index contributed by atoms with van der Waals surface area (Å²) in [5.74, 6) is 0.410. The first kappa shape index (κ1) is 11.3. The van der Waals surface area contributed by atoms with Gasteiger partial charge in [0, 0.05) is 11.3 Å². The fourth-order valence-corrected chi connectivity index (χ4v) is 2.85. The van der Waals surface area contributed by atoms with Crippen molar-refractivity contribution in [2.24, 2.45) is 0 Å². The quantitative estimate of drug-likeness (QED) is 0.857. The van der Waals surface area contributed by atoms with Crippen LogP contribution in [0.1, 0.15) is 12.7 Å². The molecule has 2 rings (SSSR count). The van der Waals surface area contributed by atoms with E-state index in [1.165, 1.54) is 29.4 Å². The minimum absolute atomic E-state index is 0.167. The Labute approximate surface area is 101 Å². The summed E-state index contributed by atoms with van der Waals surface area (Å²) >= 11 is 2.65. The molecule has 0 radical (unpaired) electrons. The van der Waals surface area contributed by atoms with E-state index < -0.39 is 5.82 Å². The second-order valence-electron chi connectivity index (χ2n) is 3.08. The van der Waals surface area contributed by atoms with Gasteiger partial charge in [-0.2, -0.15) is 4.37 Å². The van der Waals surface area contributed by atoms with E-state index in [0.29, 0.717) is 4.90 Å².